The van der Waals surface area contributed by atoms with Gasteiger partial charge in [-0.05, 0) is 13.8 Å². The number of rotatable bonds is 1. The van der Waals surface area contributed by atoms with E-state index in [-0.39, 0.29) is 24.4 Å². The molecule has 3 fully saturated rings. The predicted molar refractivity (Wildman–Crippen MR) is 57.7 cm³/mol. The van der Waals surface area contributed by atoms with E-state index in [1.165, 1.54) is 0 Å². The first-order valence-corrected chi connectivity index (χ1v) is 6.06. The number of hydrogen-bond acceptors (Lipinski definition) is 5. The van der Waals surface area contributed by atoms with Crippen LogP contribution in [0, 0.1) is 0 Å². The summed E-state index contributed by atoms with van der Waals surface area (Å²) >= 11 is 6.08. The molecule has 0 amide bonds. The van der Waals surface area contributed by atoms with Crippen molar-refractivity contribution in [3.63, 3.8) is 0 Å². The Kier molecular flexibility index (Phi) is 2.39. The van der Waals surface area contributed by atoms with E-state index in [1.54, 1.807) is 7.11 Å². The maximum Gasteiger partial charge on any atom is 0.187 e. The molecule has 3 aliphatic rings. The molecule has 17 heavy (non-hydrogen) atoms. The van der Waals surface area contributed by atoms with Crippen LogP contribution in [-0.4, -0.2) is 48.2 Å². The highest BCUT2D eigenvalue weighted by molar-refractivity contribution is 6.35. The fourth-order valence-corrected chi connectivity index (χ4v) is 3.17. The van der Waals surface area contributed by atoms with Crippen LogP contribution in [0.1, 0.15) is 20.3 Å². The standard InChI is InChI=1S/C11H15ClO5/c1-10(2)15-6-8(16-10)11(17-9(6)14-3)4-5(13)7(11)12/h6-9H,4H2,1-3H3/t6?,7-,8?,9?,11-/m1/s1. The van der Waals surface area contributed by atoms with Crippen molar-refractivity contribution >= 4 is 17.4 Å². The molecule has 2 saturated heterocycles. The molecule has 0 radical (unpaired) electrons. The molecule has 3 unspecified atom stereocenters. The van der Waals surface area contributed by atoms with Gasteiger partial charge in [-0.3, -0.25) is 4.79 Å². The normalized spacial score (nSPS) is 51.6. The fraction of sp³-hybridized carbons (Fsp3) is 0.909. The van der Waals surface area contributed by atoms with Crippen LogP contribution < -0.4 is 0 Å². The van der Waals surface area contributed by atoms with Gasteiger partial charge in [0.15, 0.2) is 17.9 Å². The maximum atomic E-state index is 11.4. The average Bonchev–Trinajstić information content (AvgIpc) is 2.72. The highest BCUT2D eigenvalue weighted by atomic mass is 35.5. The topological polar surface area (TPSA) is 54.0 Å². The molecule has 1 spiro atoms. The second-order valence-electron chi connectivity index (χ2n) is 5.20. The number of fused-ring (bicyclic) bond motifs is 2. The number of ether oxygens (including phenoxy) is 4. The van der Waals surface area contributed by atoms with Crippen molar-refractivity contribution < 1.29 is 23.7 Å². The second kappa shape index (κ2) is 3.42. The second-order valence-corrected chi connectivity index (χ2v) is 5.64. The molecule has 0 aromatic rings. The molecule has 5 atom stereocenters. The SMILES string of the molecule is COC1O[C@@]2(CC(=O)[C@H]2Cl)C2OC(C)(C)OC12. The zero-order chi connectivity index (χ0) is 12.4. The third kappa shape index (κ3) is 1.43. The number of hydrogen-bond donors (Lipinski definition) is 0. The lowest BCUT2D eigenvalue weighted by Crippen LogP contribution is -2.63. The summed E-state index contributed by atoms with van der Waals surface area (Å²) in [5.41, 5.74) is -0.780. The summed E-state index contributed by atoms with van der Waals surface area (Å²) in [6.07, 6.45) is -0.940. The lowest BCUT2D eigenvalue weighted by molar-refractivity contribution is -0.258. The largest absolute Gasteiger partial charge is 0.353 e. The Morgan fingerprint density at radius 2 is 2.06 bits per heavy atom. The number of halogens is 1. The van der Waals surface area contributed by atoms with Gasteiger partial charge in [0.2, 0.25) is 0 Å². The van der Waals surface area contributed by atoms with E-state index < -0.39 is 23.1 Å². The van der Waals surface area contributed by atoms with Gasteiger partial charge in [-0.1, -0.05) is 0 Å². The molecule has 0 N–H and O–H groups in total. The van der Waals surface area contributed by atoms with Gasteiger partial charge in [-0.15, -0.1) is 11.6 Å². The highest BCUT2D eigenvalue weighted by Gasteiger charge is 2.71. The molecule has 2 heterocycles. The smallest absolute Gasteiger partial charge is 0.187 e. The number of Topliss-reactive ketones (excluding diaryl/α,β-unsaturated/α-hetero) is 1. The van der Waals surface area contributed by atoms with Gasteiger partial charge in [-0.25, -0.2) is 0 Å². The van der Waals surface area contributed by atoms with Crippen LogP contribution in [0.4, 0.5) is 0 Å². The highest BCUT2D eigenvalue weighted by Crippen LogP contribution is 2.53. The minimum atomic E-state index is -0.780. The van der Waals surface area contributed by atoms with E-state index in [1.807, 2.05) is 13.8 Å². The van der Waals surface area contributed by atoms with Crippen molar-refractivity contribution in [2.24, 2.45) is 0 Å². The van der Waals surface area contributed by atoms with E-state index >= 15 is 0 Å². The summed E-state index contributed by atoms with van der Waals surface area (Å²) < 4.78 is 22.6. The third-order valence-electron chi connectivity index (χ3n) is 3.61. The quantitative estimate of drug-likeness (QED) is 0.655. The lowest BCUT2D eigenvalue weighted by Gasteiger charge is -2.44. The van der Waals surface area contributed by atoms with Gasteiger partial charge in [-0.2, -0.15) is 0 Å². The van der Waals surface area contributed by atoms with Crippen LogP contribution in [0.3, 0.4) is 0 Å². The Bertz CT molecular complexity index is 371. The Morgan fingerprint density at radius 3 is 2.59 bits per heavy atom. The van der Waals surface area contributed by atoms with E-state index in [9.17, 15) is 4.79 Å². The number of carbonyl (C=O) groups is 1. The zero-order valence-corrected chi connectivity index (χ0v) is 10.7. The fourth-order valence-electron chi connectivity index (χ4n) is 2.84. The summed E-state index contributed by atoms with van der Waals surface area (Å²) in [7, 11) is 1.54. The van der Waals surface area contributed by atoms with Gasteiger partial charge in [0.05, 0.1) is 0 Å². The Labute approximate surface area is 104 Å². The van der Waals surface area contributed by atoms with Gasteiger partial charge >= 0.3 is 0 Å². The van der Waals surface area contributed by atoms with E-state index in [4.69, 9.17) is 30.5 Å². The molecular weight excluding hydrogens is 248 g/mol. The molecule has 6 heteroatoms. The van der Waals surface area contributed by atoms with Crippen LogP contribution >= 0.6 is 11.6 Å². The van der Waals surface area contributed by atoms with Crippen LogP contribution in [0.25, 0.3) is 0 Å². The molecule has 96 valence electrons. The summed E-state index contributed by atoms with van der Waals surface area (Å²) in [6, 6.07) is 0. The minimum absolute atomic E-state index is 0.0181. The number of carbonyl (C=O) groups excluding carboxylic acids is 1. The lowest BCUT2D eigenvalue weighted by atomic mass is 9.74. The van der Waals surface area contributed by atoms with Crippen LogP contribution in [0.5, 0.6) is 0 Å². The minimum Gasteiger partial charge on any atom is -0.353 e. The summed E-state index contributed by atoms with van der Waals surface area (Å²) in [5.74, 6) is -0.714. The Morgan fingerprint density at radius 1 is 1.35 bits per heavy atom. The molecule has 5 nitrogen and oxygen atoms in total. The van der Waals surface area contributed by atoms with E-state index in [0.717, 1.165) is 0 Å². The molecule has 1 saturated carbocycles. The third-order valence-corrected chi connectivity index (χ3v) is 4.22. The van der Waals surface area contributed by atoms with E-state index in [0.29, 0.717) is 0 Å². The Hall–Kier alpha value is -0.200. The number of alkyl halides is 1. The molecule has 0 aromatic heterocycles. The van der Waals surface area contributed by atoms with Crippen molar-refractivity contribution in [1.29, 1.82) is 0 Å². The van der Waals surface area contributed by atoms with E-state index in [2.05, 4.69) is 0 Å². The van der Waals surface area contributed by atoms with Gasteiger partial charge in [0, 0.05) is 13.5 Å². The predicted octanol–water partition coefficient (Wildman–Crippen LogP) is 0.828. The first kappa shape index (κ1) is 11.9. The average molecular weight is 263 g/mol. The number of ketones is 1. The Balaban J connectivity index is 1.91. The molecule has 3 rings (SSSR count). The van der Waals surface area contributed by atoms with Crippen LogP contribution in [0.2, 0.25) is 0 Å². The van der Waals surface area contributed by atoms with Crippen molar-refractivity contribution in [1.82, 2.24) is 0 Å². The summed E-state index contributed by atoms with van der Waals surface area (Å²) in [4.78, 5) is 11.4. The molecule has 0 bridgehead atoms. The number of methoxy groups -OCH3 is 1. The van der Waals surface area contributed by atoms with Crippen molar-refractivity contribution in [2.45, 2.75) is 55.5 Å². The maximum absolute atomic E-state index is 11.4. The van der Waals surface area contributed by atoms with Crippen LogP contribution in [0.15, 0.2) is 0 Å². The monoisotopic (exact) mass is 262 g/mol. The van der Waals surface area contributed by atoms with Crippen molar-refractivity contribution in [3.05, 3.63) is 0 Å². The van der Waals surface area contributed by atoms with Gasteiger partial charge < -0.3 is 18.9 Å². The van der Waals surface area contributed by atoms with Crippen molar-refractivity contribution in [3.8, 4) is 0 Å². The first-order valence-electron chi connectivity index (χ1n) is 5.63. The summed E-state index contributed by atoms with van der Waals surface area (Å²) in [5, 5.41) is -0.673. The molecular formula is C11H15ClO5. The molecule has 1 aliphatic carbocycles. The van der Waals surface area contributed by atoms with Gasteiger partial charge in [0.25, 0.3) is 0 Å². The summed E-state index contributed by atoms with van der Waals surface area (Å²) in [6.45, 7) is 3.66. The first-order chi connectivity index (χ1) is 7.89. The molecule has 0 aromatic carbocycles. The van der Waals surface area contributed by atoms with Crippen molar-refractivity contribution in [2.75, 3.05) is 7.11 Å². The zero-order valence-electron chi connectivity index (χ0n) is 9.94. The van der Waals surface area contributed by atoms with Crippen LogP contribution in [-0.2, 0) is 23.7 Å². The van der Waals surface area contributed by atoms with Gasteiger partial charge in [0.1, 0.15) is 23.2 Å². The molecule has 2 aliphatic heterocycles.